The molecule has 2 atom stereocenters. The van der Waals surface area contributed by atoms with E-state index < -0.39 is 0 Å². The predicted molar refractivity (Wildman–Crippen MR) is 79.0 cm³/mol. The fraction of sp³-hybridized carbons (Fsp3) is 0.500. The Balaban J connectivity index is 1.44. The van der Waals surface area contributed by atoms with E-state index in [1.165, 1.54) is 5.56 Å². The van der Waals surface area contributed by atoms with Gasteiger partial charge in [-0.1, -0.05) is 35.5 Å². The van der Waals surface area contributed by atoms with Crippen LogP contribution in [0.2, 0.25) is 0 Å². The largest absolute Gasteiger partial charge is 0.391 e. The van der Waals surface area contributed by atoms with Crippen molar-refractivity contribution in [3.63, 3.8) is 0 Å². The average molecular weight is 288 g/mol. The number of ether oxygens (including phenoxy) is 1. The minimum absolute atomic E-state index is 0.0389. The number of carbonyl (C=O) groups excluding carboxylic acids is 1. The molecule has 1 amide bonds. The fourth-order valence-corrected chi connectivity index (χ4v) is 2.63. The van der Waals surface area contributed by atoms with Gasteiger partial charge in [0.05, 0.1) is 6.61 Å². The first-order valence-corrected chi connectivity index (χ1v) is 7.44. The van der Waals surface area contributed by atoms with Crippen molar-refractivity contribution in [1.29, 1.82) is 0 Å². The summed E-state index contributed by atoms with van der Waals surface area (Å²) >= 11 is 0. The van der Waals surface area contributed by atoms with Gasteiger partial charge in [0.1, 0.15) is 11.8 Å². The van der Waals surface area contributed by atoms with Crippen LogP contribution in [0.1, 0.15) is 18.4 Å². The lowest BCUT2D eigenvalue weighted by molar-refractivity contribution is -0.115. The highest BCUT2D eigenvalue weighted by Crippen LogP contribution is 2.16. The highest BCUT2D eigenvalue weighted by molar-refractivity contribution is 6.39. The standard InChI is InChI=1S/C16H20N2O3/c19-16(17-10-13-6-7-20-11-13)15-9-14(21-18-15)8-12-4-2-1-3-5-12/h1-5,13-14H,6-11H2,(H,17,19). The van der Waals surface area contributed by atoms with Crippen molar-refractivity contribution < 1.29 is 14.4 Å². The van der Waals surface area contributed by atoms with E-state index in [0.717, 1.165) is 26.1 Å². The van der Waals surface area contributed by atoms with Crippen molar-refractivity contribution in [2.24, 2.45) is 11.1 Å². The number of rotatable bonds is 5. The summed E-state index contributed by atoms with van der Waals surface area (Å²) in [5.41, 5.74) is 1.69. The van der Waals surface area contributed by atoms with Gasteiger partial charge in [0.25, 0.3) is 5.91 Å². The number of hydrogen-bond donors (Lipinski definition) is 1. The maximum Gasteiger partial charge on any atom is 0.269 e. The molecule has 5 nitrogen and oxygen atoms in total. The lowest BCUT2D eigenvalue weighted by atomic mass is 10.0. The summed E-state index contributed by atoms with van der Waals surface area (Å²) in [4.78, 5) is 17.4. The number of benzene rings is 1. The molecule has 1 aromatic carbocycles. The van der Waals surface area contributed by atoms with E-state index in [2.05, 4.69) is 22.6 Å². The first-order chi connectivity index (χ1) is 10.3. The molecule has 0 radical (unpaired) electrons. The molecule has 1 saturated heterocycles. The number of carbonyl (C=O) groups is 1. The normalized spacial score (nSPS) is 24.5. The minimum atomic E-state index is -0.113. The van der Waals surface area contributed by atoms with Crippen molar-refractivity contribution in [3.8, 4) is 0 Å². The van der Waals surface area contributed by atoms with Crippen LogP contribution in [0.15, 0.2) is 35.5 Å². The summed E-state index contributed by atoms with van der Waals surface area (Å²) in [6, 6.07) is 10.1. The van der Waals surface area contributed by atoms with Crippen LogP contribution in [0.4, 0.5) is 0 Å². The Labute approximate surface area is 124 Å². The predicted octanol–water partition coefficient (Wildman–Crippen LogP) is 1.53. The lowest BCUT2D eigenvalue weighted by Crippen LogP contribution is -2.35. The fourth-order valence-electron chi connectivity index (χ4n) is 2.63. The molecule has 2 aliphatic heterocycles. The van der Waals surface area contributed by atoms with E-state index >= 15 is 0 Å². The number of amides is 1. The quantitative estimate of drug-likeness (QED) is 0.894. The summed E-state index contributed by atoms with van der Waals surface area (Å²) in [5, 5.41) is 6.85. The van der Waals surface area contributed by atoms with Gasteiger partial charge in [-0.25, -0.2) is 0 Å². The van der Waals surface area contributed by atoms with Crippen molar-refractivity contribution >= 4 is 11.6 Å². The Morgan fingerprint density at radius 2 is 2.19 bits per heavy atom. The molecule has 3 rings (SSSR count). The highest BCUT2D eigenvalue weighted by atomic mass is 16.6. The maximum atomic E-state index is 12.0. The van der Waals surface area contributed by atoms with E-state index in [-0.39, 0.29) is 12.0 Å². The molecule has 0 bridgehead atoms. The van der Waals surface area contributed by atoms with Crippen LogP contribution >= 0.6 is 0 Å². The summed E-state index contributed by atoms with van der Waals surface area (Å²) in [7, 11) is 0. The van der Waals surface area contributed by atoms with Gasteiger partial charge in [0, 0.05) is 31.9 Å². The van der Waals surface area contributed by atoms with Gasteiger partial charge < -0.3 is 14.9 Å². The van der Waals surface area contributed by atoms with Crippen LogP contribution in [-0.4, -0.2) is 37.5 Å². The molecule has 2 aliphatic rings. The Morgan fingerprint density at radius 3 is 2.95 bits per heavy atom. The third-order valence-corrected chi connectivity index (χ3v) is 3.88. The van der Waals surface area contributed by atoms with Crippen LogP contribution in [-0.2, 0) is 20.8 Å². The minimum Gasteiger partial charge on any atom is -0.391 e. The third kappa shape index (κ3) is 3.82. The van der Waals surface area contributed by atoms with Crippen LogP contribution in [0, 0.1) is 5.92 Å². The van der Waals surface area contributed by atoms with E-state index in [9.17, 15) is 4.79 Å². The second-order valence-electron chi connectivity index (χ2n) is 5.60. The van der Waals surface area contributed by atoms with E-state index in [0.29, 0.717) is 24.6 Å². The SMILES string of the molecule is O=C(NCC1CCOC1)C1=NOC(Cc2ccccc2)C1. The van der Waals surface area contributed by atoms with Crippen molar-refractivity contribution in [3.05, 3.63) is 35.9 Å². The third-order valence-electron chi connectivity index (χ3n) is 3.88. The highest BCUT2D eigenvalue weighted by Gasteiger charge is 2.27. The second kappa shape index (κ2) is 6.72. The Kier molecular flexibility index (Phi) is 4.50. The van der Waals surface area contributed by atoms with E-state index in [1.54, 1.807) is 0 Å². The second-order valence-corrected chi connectivity index (χ2v) is 5.60. The molecule has 1 aromatic rings. The Bertz CT molecular complexity index is 510. The summed E-state index contributed by atoms with van der Waals surface area (Å²) in [5.74, 6) is 0.314. The molecular formula is C16H20N2O3. The Hall–Kier alpha value is -1.88. The van der Waals surface area contributed by atoms with Gasteiger partial charge in [-0.05, 0) is 12.0 Å². The van der Waals surface area contributed by atoms with Crippen LogP contribution < -0.4 is 5.32 Å². The van der Waals surface area contributed by atoms with E-state index in [4.69, 9.17) is 9.57 Å². The monoisotopic (exact) mass is 288 g/mol. The molecule has 0 aromatic heterocycles. The van der Waals surface area contributed by atoms with Gasteiger partial charge >= 0.3 is 0 Å². The van der Waals surface area contributed by atoms with Crippen molar-refractivity contribution in [1.82, 2.24) is 5.32 Å². The number of nitrogens with one attached hydrogen (secondary N) is 1. The molecule has 1 N–H and O–H groups in total. The zero-order valence-corrected chi connectivity index (χ0v) is 12.0. The van der Waals surface area contributed by atoms with Crippen molar-refractivity contribution in [2.75, 3.05) is 19.8 Å². The molecule has 2 heterocycles. The van der Waals surface area contributed by atoms with Gasteiger partial charge in [-0.15, -0.1) is 0 Å². The zero-order chi connectivity index (χ0) is 14.5. The van der Waals surface area contributed by atoms with Crippen LogP contribution in [0.25, 0.3) is 0 Å². The van der Waals surface area contributed by atoms with Crippen LogP contribution in [0.5, 0.6) is 0 Å². The van der Waals surface area contributed by atoms with Crippen molar-refractivity contribution in [2.45, 2.75) is 25.4 Å². The molecular weight excluding hydrogens is 268 g/mol. The summed E-state index contributed by atoms with van der Waals surface area (Å²) in [6.07, 6.45) is 2.32. The molecule has 5 heteroatoms. The maximum absolute atomic E-state index is 12.0. The van der Waals surface area contributed by atoms with Gasteiger partial charge in [0.15, 0.2) is 0 Å². The molecule has 0 spiro atoms. The number of hydrogen-bond acceptors (Lipinski definition) is 4. The zero-order valence-electron chi connectivity index (χ0n) is 12.0. The topological polar surface area (TPSA) is 59.9 Å². The number of nitrogens with zero attached hydrogens (tertiary/aromatic N) is 1. The summed E-state index contributed by atoms with van der Waals surface area (Å²) < 4.78 is 5.29. The first kappa shape index (κ1) is 14.1. The molecule has 112 valence electrons. The Morgan fingerprint density at radius 1 is 1.33 bits per heavy atom. The summed E-state index contributed by atoms with van der Waals surface area (Å²) in [6.45, 7) is 2.19. The molecule has 0 aliphatic carbocycles. The number of oxime groups is 1. The molecule has 0 saturated carbocycles. The molecule has 21 heavy (non-hydrogen) atoms. The molecule has 2 unspecified atom stereocenters. The van der Waals surface area contributed by atoms with Gasteiger partial charge in [-0.3, -0.25) is 4.79 Å². The first-order valence-electron chi connectivity index (χ1n) is 7.44. The van der Waals surface area contributed by atoms with Crippen LogP contribution in [0.3, 0.4) is 0 Å². The lowest BCUT2D eigenvalue weighted by Gasteiger charge is -2.09. The van der Waals surface area contributed by atoms with Gasteiger partial charge in [0.2, 0.25) is 0 Å². The van der Waals surface area contributed by atoms with Gasteiger partial charge in [-0.2, -0.15) is 0 Å². The molecule has 1 fully saturated rings. The smallest absolute Gasteiger partial charge is 0.269 e. The average Bonchev–Trinajstić information content (AvgIpc) is 3.17. The van der Waals surface area contributed by atoms with E-state index in [1.807, 2.05) is 18.2 Å².